The second kappa shape index (κ2) is 5.57. The molecule has 0 aliphatic carbocycles. The monoisotopic (exact) mass is 267 g/mol. The molecular formula is C12H13NO6. The second-order valence-electron chi connectivity index (χ2n) is 4.06. The Kier molecular flexibility index (Phi) is 3.86. The molecule has 2 rings (SSSR count). The molecule has 0 bridgehead atoms. The maximum absolute atomic E-state index is 10.9. The van der Waals surface area contributed by atoms with Crippen molar-refractivity contribution < 1.29 is 29.3 Å². The van der Waals surface area contributed by atoms with E-state index in [1.54, 1.807) is 18.2 Å². The van der Waals surface area contributed by atoms with Gasteiger partial charge >= 0.3 is 11.9 Å². The van der Waals surface area contributed by atoms with Gasteiger partial charge in [0.2, 0.25) is 6.79 Å². The fourth-order valence-corrected chi connectivity index (χ4v) is 1.71. The number of carboxylic acids is 2. The molecule has 1 aromatic carbocycles. The van der Waals surface area contributed by atoms with Crippen LogP contribution in [0, 0.1) is 0 Å². The molecule has 7 nitrogen and oxygen atoms in total. The highest BCUT2D eigenvalue weighted by molar-refractivity contribution is 5.80. The summed E-state index contributed by atoms with van der Waals surface area (Å²) in [4.78, 5) is 21.4. The first-order valence-electron chi connectivity index (χ1n) is 5.63. The highest BCUT2D eigenvalue weighted by atomic mass is 16.7. The first-order valence-corrected chi connectivity index (χ1v) is 5.63. The molecule has 0 aromatic heterocycles. The summed E-state index contributed by atoms with van der Waals surface area (Å²) in [6, 6.07) is 4.10. The Morgan fingerprint density at radius 3 is 2.68 bits per heavy atom. The molecule has 0 saturated heterocycles. The number of hydrogen-bond acceptors (Lipinski definition) is 5. The number of rotatable bonds is 6. The first kappa shape index (κ1) is 13.2. The molecule has 0 amide bonds. The Hall–Kier alpha value is -2.28. The van der Waals surface area contributed by atoms with Crippen LogP contribution in [0.15, 0.2) is 18.2 Å². The minimum atomic E-state index is -1.19. The molecule has 0 saturated carbocycles. The van der Waals surface area contributed by atoms with Crippen molar-refractivity contribution in [1.82, 2.24) is 5.32 Å². The second-order valence-corrected chi connectivity index (χ2v) is 4.06. The quantitative estimate of drug-likeness (QED) is 0.686. The van der Waals surface area contributed by atoms with Crippen LogP contribution in [0.2, 0.25) is 0 Å². The van der Waals surface area contributed by atoms with Gasteiger partial charge in [0.15, 0.2) is 11.5 Å². The standard InChI is InChI=1S/C12H13NO6/c14-11(15)4-8(12(16)17)13-5-7-1-2-9-10(3-7)19-6-18-9/h1-3,8,13H,4-6H2,(H,14,15)(H,16,17). The average molecular weight is 267 g/mol. The lowest BCUT2D eigenvalue weighted by Gasteiger charge is -2.12. The van der Waals surface area contributed by atoms with Gasteiger partial charge in [-0.1, -0.05) is 6.07 Å². The van der Waals surface area contributed by atoms with Crippen LogP contribution in [-0.4, -0.2) is 35.0 Å². The SMILES string of the molecule is O=C(O)CC(NCc1ccc2c(c1)OCO2)C(=O)O. The molecule has 1 heterocycles. The Labute approximate surface area is 108 Å². The zero-order chi connectivity index (χ0) is 13.8. The van der Waals surface area contributed by atoms with Gasteiger partial charge in [0.05, 0.1) is 6.42 Å². The number of benzene rings is 1. The van der Waals surface area contributed by atoms with Gasteiger partial charge < -0.3 is 19.7 Å². The van der Waals surface area contributed by atoms with Crippen molar-refractivity contribution >= 4 is 11.9 Å². The van der Waals surface area contributed by atoms with Gasteiger partial charge in [-0.15, -0.1) is 0 Å². The summed E-state index contributed by atoms with van der Waals surface area (Å²) < 4.78 is 10.4. The predicted molar refractivity (Wildman–Crippen MR) is 63.1 cm³/mol. The van der Waals surface area contributed by atoms with Crippen molar-refractivity contribution in [3.8, 4) is 11.5 Å². The van der Waals surface area contributed by atoms with Crippen molar-refractivity contribution in [3.05, 3.63) is 23.8 Å². The zero-order valence-corrected chi connectivity index (χ0v) is 9.96. The Bertz CT molecular complexity index is 501. The molecule has 3 N–H and O–H groups in total. The van der Waals surface area contributed by atoms with E-state index in [1.165, 1.54) is 0 Å². The van der Waals surface area contributed by atoms with Gasteiger partial charge in [0.25, 0.3) is 0 Å². The summed E-state index contributed by atoms with van der Waals surface area (Å²) in [6.07, 6.45) is -0.472. The maximum atomic E-state index is 10.9. The molecule has 0 radical (unpaired) electrons. The highest BCUT2D eigenvalue weighted by Gasteiger charge is 2.20. The Morgan fingerprint density at radius 1 is 1.26 bits per heavy atom. The zero-order valence-electron chi connectivity index (χ0n) is 9.96. The van der Waals surface area contributed by atoms with E-state index in [0.717, 1.165) is 5.56 Å². The lowest BCUT2D eigenvalue weighted by atomic mass is 10.1. The molecule has 19 heavy (non-hydrogen) atoms. The van der Waals surface area contributed by atoms with Gasteiger partial charge in [-0.25, -0.2) is 0 Å². The van der Waals surface area contributed by atoms with Crippen molar-refractivity contribution in [1.29, 1.82) is 0 Å². The van der Waals surface area contributed by atoms with Crippen LogP contribution in [0.4, 0.5) is 0 Å². The highest BCUT2D eigenvalue weighted by Crippen LogP contribution is 2.32. The predicted octanol–water partition coefficient (Wildman–Crippen LogP) is 0.433. The van der Waals surface area contributed by atoms with Gasteiger partial charge in [-0.3, -0.25) is 14.9 Å². The fourth-order valence-electron chi connectivity index (χ4n) is 1.71. The molecule has 0 spiro atoms. The number of hydrogen-bond donors (Lipinski definition) is 3. The summed E-state index contributed by atoms with van der Waals surface area (Å²) in [5.41, 5.74) is 0.792. The lowest BCUT2D eigenvalue weighted by molar-refractivity contribution is -0.146. The summed E-state index contributed by atoms with van der Waals surface area (Å²) in [5, 5.41) is 20.2. The minimum Gasteiger partial charge on any atom is -0.481 e. The molecular weight excluding hydrogens is 254 g/mol. The lowest BCUT2D eigenvalue weighted by Crippen LogP contribution is -2.38. The number of nitrogens with one attached hydrogen (secondary N) is 1. The third kappa shape index (κ3) is 3.35. The molecule has 1 aromatic rings. The topological polar surface area (TPSA) is 105 Å². The fraction of sp³-hybridized carbons (Fsp3) is 0.333. The Balaban J connectivity index is 1.97. The summed E-state index contributed by atoms with van der Waals surface area (Å²) in [5.74, 6) is -1.11. The van der Waals surface area contributed by atoms with Crippen molar-refractivity contribution in [2.75, 3.05) is 6.79 Å². The van der Waals surface area contributed by atoms with Crippen LogP contribution in [0.3, 0.4) is 0 Å². The maximum Gasteiger partial charge on any atom is 0.321 e. The largest absolute Gasteiger partial charge is 0.481 e. The van der Waals surface area contributed by atoms with Crippen LogP contribution in [0.1, 0.15) is 12.0 Å². The van der Waals surface area contributed by atoms with Gasteiger partial charge in [0.1, 0.15) is 6.04 Å². The molecule has 102 valence electrons. The van der Waals surface area contributed by atoms with E-state index >= 15 is 0 Å². The van der Waals surface area contributed by atoms with E-state index < -0.39 is 24.4 Å². The molecule has 1 aliphatic heterocycles. The molecule has 0 fully saturated rings. The summed E-state index contributed by atoms with van der Waals surface area (Å²) in [6.45, 7) is 0.407. The van der Waals surface area contributed by atoms with E-state index in [-0.39, 0.29) is 13.3 Å². The van der Waals surface area contributed by atoms with Crippen LogP contribution in [0.25, 0.3) is 0 Å². The third-order valence-corrected chi connectivity index (χ3v) is 2.67. The number of fused-ring (bicyclic) bond motifs is 1. The van der Waals surface area contributed by atoms with E-state index in [4.69, 9.17) is 19.7 Å². The minimum absolute atomic E-state index is 0.170. The first-order chi connectivity index (χ1) is 9.06. The number of ether oxygens (including phenoxy) is 2. The van der Waals surface area contributed by atoms with Crippen LogP contribution >= 0.6 is 0 Å². The summed E-state index contributed by atoms with van der Waals surface area (Å²) >= 11 is 0. The number of carboxylic acid groups (broad SMARTS) is 2. The Morgan fingerprint density at radius 2 is 2.00 bits per heavy atom. The van der Waals surface area contributed by atoms with Crippen molar-refractivity contribution in [3.63, 3.8) is 0 Å². The van der Waals surface area contributed by atoms with E-state index in [1.807, 2.05) is 0 Å². The van der Waals surface area contributed by atoms with Crippen molar-refractivity contribution in [2.45, 2.75) is 19.0 Å². The van der Waals surface area contributed by atoms with Crippen LogP contribution in [0.5, 0.6) is 11.5 Å². The van der Waals surface area contributed by atoms with Crippen LogP contribution in [-0.2, 0) is 16.1 Å². The van der Waals surface area contributed by atoms with E-state index in [0.29, 0.717) is 11.5 Å². The van der Waals surface area contributed by atoms with Gasteiger partial charge in [0, 0.05) is 6.54 Å². The third-order valence-electron chi connectivity index (χ3n) is 2.67. The summed E-state index contributed by atoms with van der Waals surface area (Å²) in [7, 11) is 0. The van der Waals surface area contributed by atoms with Crippen molar-refractivity contribution in [2.24, 2.45) is 0 Å². The average Bonchev–Trinajstić information content (AvgIpc) is 2.80. The normalized spacial score (nSPS) is 14.1. The molecule has 1 unspecified atom stereocenters. The number of aliphatic carboxylic acids is 2. The number of carbonyl (C=O) groups is 2. The molecule has 7 heteroatoms. The van der Waals surface area contributed by atoms with Gasteiger partial charge in [-0.05, 0) is 17.7 Å². The van der Waals surface area contributed by atoms with E-state index in [2.05, 4.69) is 5.32 Å². The molecule has 1 aliphatic rings. The smallest absolute Gasteiger partial charge is 0.321 e. The molecule has 1 atom stereocenters. The van der Waals surface area contributed by atoms with Crippen LogP contribution < -0.4 is 14.8 Å². The van der Waals surface area contributed by atoms with Gasteiger partial charge in [-0.2, -0.15) is 0 Å². The van der Waals surface area contributed by atoms with E-state index in [9.17, 15) is 9.59 Å².